The standard InChI is InChI=1S/C12H16N4O3S/c1-8(2)19-11-5-4-10(6-9(11)3)20(17,18)16-12-13-7-14-15-12/h4-8H,1-3H3,(H2,13,14,15,16). The van der Waals surface area contributed by atoms with E-state index in [-0.39, 0.29) is 16.9 Å². The molecule has 108 valence electrons. The molecular weight excluding hydrogens is 280 g/mol. The molecule has 0 atom stereocenters. The normalized spacial score (nSPS) is 11.6. The van der Waals surface area contributed by atoms with E-state index in [1.807, 2.05) is 13.8 Å². The van der Waals surface area contributed by atoms with Crippen LogP contribution in [0.25, 0.3) is 0 Å². The van der Waals surface area contributed by atoms with Gasteiger partial charge in [-0.25, -0.2) is 18.2 Å². The van der Waals surface area contributed by atoms with Crippen LogP contribution in [0.4, 0.5) is 5.95 Å². The van der Waals surface area contributed by atoms with Crippen molar-refractivity contribution in [3.63, 3.8) is 0 Å². The first-order chi connectivity index (χ1) is 9.38. The van der Waals surface area contributed by atoms with E-state index in [9.17, 15) is 8.42 Å². The summed E-state index contributed by atoms with van der Waals surface area (Å²) in [5.74, 6) is 0.740. The van der Waals surface area contributed by atoms with Gasteiger partial charge in [-0.1, -0.05) is 0 Å². The van der Waals surface area contributed by atoms with Crippen molar-refractivity contribution in [3.8, 4) is 5.75 Å². The van der Waals surface area contributed by atoms with Crippen molar-refractivity contribution in [2.75, 3.05) is 4.72 Å². The van der Waals surface area contributed by atoms with E-state index in [2.05, 4.69) is 19.9 Å². The summed E-state index contributed by atoms with van der Waals surface area (Å²) < 4.78 is 32.2. The molecule has 0 aliphatic heterocycles. The summed E-state index contributed by atoms with van der Waals surface area (Å²) in [6.45, 7) is 5.62. The van der Waals surface area contributed by atoms with Gasteiger partial charge in [-0.15, -0.1) is 0 Å². The molecule has 2 aromatic rings. The third kappa shape index (κ3) is 3.27. The summed E-state index contributed by atoms with van der Waals surface area (Å²) in [6, 6.07) is 4.68. The van der Waals surface area contributed by atoms with E-state index in [4.69, 9.17) is 4.74 Å². The maximum atomic E-state index is 12.1. The van der Waals surface area contributed by atoms with Crippen LogP contribution in [-0.2, 0) is 10.0 Å². The van der Waals surface area contributed by atoms with E-state index < -0.39 is 10.0 Å². The highest BCUT2D eigenvalue weighted by atomic mass is 32.2. The minimum atomic E-state index is -3.69. The number of rotatable bonds is 5. The Bertz CT molecular complexity index is 681. The second-order valence-electron chi connectivity index (χ2n) is 4.53. The molecule has 0 unspecified atom stereocenters. The number of nitrogens with one attached hydrogen (secondary N) is 2. The van der Waals surface area contributed by atoms with Crippen LogP contribution in [0.3, 0.4) is 0 Å². The predicted molar refractivity (Wildman–Crippen MR) is 74.1 cm³/mol. The van der Waals surface area contributed by atoms with Crippen LogP contribution in [-0.4, -0.2) is 29.7 Å². The molecule has 8 heteroatoms. The first kappa shape index (κ1) is 14.3. The van der Waals surface area contributed by atoms with Gasteiger partial charge in [0.25, 0.3) is 10.0 Å². The zero-order valence-corrected chi connectivity index (χ0v) is 12.2. The molecular formula is C12H16N4O3S. The lowest BCUT2D eigenvalue weighted by Gasteiger charge is -2.13. The third-order valence-electron chi connectivity index (χ3n) is 2.47. The van der Waals surface area contributed by atoms with Crippen molar-refractivity contribution in [1.29, 1.82) is 0 Å². The fourth-order valence-corrected chi connectivity index (χ4v) is 2.67. The van der Waals surface area contributed by atoms with Gasteiger partial charge >= 0.3 is 0 Å². The van der Waals surface area contributed by atoms with Crippen molar-refractivity contribution in [2.24, 2.45) is 0 Å². The predicted octanol–water partition coefficient (Wildman–Crippen LogP) is 1.70. The minimum absolute atomic E-state index is 0.0310. The zero-order chi connectivity index (χ0) is 14.8. The summed E-state index contributed by atoms with van der Waals surface area (Å²) in [6.07, 6.45) is 1.26. The molecule has 0 radical (unpaired) electrons. The molecule has 0 aliphatic rings. The highest BCUT2D eigenvalue weighted by Crippen LogP contribution is 2.23. The van der Waals surface area contributed by atoms with E-state index >= 15 is 0 Å². The molecule has 0 amide bonds. The topological polar surface area (TPSA) is 97.0 Å². The maximum Gasteiger partial charge on any atom is 0.264 e. The highest BCUT2D eigenvalue weighted by molar-refractivity contribution is 7.92. The van der Waals surface area contributed by atoms with Crippen LogP contribution >= 0.6 is 0 Å². The SMILES string of the molecule is Cc1cc(S(=O)(=O)Nc2ncn[nH]2)ccc1OC(C)C. The maximum absolute atomic E-state index is 12.1. The molecule has 0 bridgehead atoms. The molecule has 7 nitrogen and oxygen atoms in total. The zero-order valence-electron chi connectivity index (χ0n) is 11.4. The van der Waals surface area contributed by atoms with Crippen LogP contribution in [0.1, 0.15) is 19.4 Å². The molecule has 0 spiro atoms. The lowest BCUT2D eigenvalue weighted by atomic mass is 10.2. The Morgan fingerprint density at radius 1 is 1.35 bits per heavy atom. The second kappa shape index (κ2) is 5.49. The molecule has 0 saturated carbocycles. The largest absolute Gasteiger partial charge is 0.491 e. The number of aromatic amines is 1. The molecule has 0 saturated heterocycles. The first-order valence-corrected chi connectivity index (χ1v) is 7.52. The number of hydrogen-bond acceptors (Lipinski definition) is 5. The fourth-order valence-electron chi connectivity index (χ4n) is 1.62. The molecule has 1 heterocycles. The first-order valence-electron chi connectivity index (χ1n) is 6.04. The Hall–Kier alpha value is -2.09. The monoisotopic (exact) mass is 296 g/mol. The number of aryl methyl sites for hydroxylation is 1. The lowest BCUT2D eigenvalue weighted by molar-refractivity contribution is 0.240. The van der Waals surface area contributed by atoms with Gasteiger partial charge in [0.05, 0.1) is 11.0 Å². The average Bonchev–Trinajstić information content (AvgIpc) is 2.83. The third-order valence-corrected chi connectivity index (χ3v) is 3.80. The van der Waals surface area contributed by atoms with E-state index in [0.717, 1.165) is 5.56 Å². The van der Waals surface area contributed by atoms with Gasteiger partial charge in [-0.05, 0) is 44.5 Å². The minimum Gasteiger partial charge on any atom is -0.491 e. The number of sulfonamides is 1. The Kier molecular flexibility index (Phi) is 3.93. The summed E-state index contributed by atoms with van der Waals surface area (Å²) >= 11 is 0. The van der Waals surface area contributed by atoms with Gasteiger partial charge in [0.2, 0.25) is 5.95 Å². The quantitative estimate of drug-likeness (QED) is 0.875. The van der Waals surface area contributed by atoms with Gasteiger partial charge in [0.15, 0.2) is 0 Å². The summed E-state index contributed by atoms with van der Waals surface area (Å²) in [4.78, 5) is 3.87. The van der Waals surface area contributed by atoms with E-state index in [1.54, 1.807) is 19.1 Å². The van der Waals surface area contributed by atoms with Gasteiger partial charge < -0.3 is 4.74 Å². The van der Waals surface area contributed by atoms with E-state index in [1.165, 1.54) is 12.4 Å². The van der Waals surface area contributed by atoms with Gasteiger partial charge in [-0.2, -0.15) is 10.1 Å². The van der Waals surface area contributed by atoms with Crippen molar-refractivity contribution >= 4 is 16.0 Å². The average molecular weight is 296 g/mol. The number of anilines is 1. The van der Waals surface area contributed by atoms with Gasteiger partial charge in [0.1, 0.15) is 12.1 Å². The van der Waals surface area contributed by atoms with E-state index in [0.29, 0.717) is 5.75 Å². The molecule has 1 aromatic carbocycles. The van der Waals surface area contributed by atoms with Crippen LogP contribution in [0.2, 0.25) is 0 Å². The van der Waals surface area contributed by atoms with Crippen LogP contribution in [0.15, 0.2) is 29.4 Å². The van der Waals surface area contributed by atoms with Crippen molar-refractivity contribution in [1.82, 2.24) is 15.2 Å². The number of ether oxygens (including phenoxy) is 1. The lowest BCUT2D eigenvalue weighted by Crippen LogP contribution is -2.14. The van der Waals surface area contributed by atoms with Crippen molar-refractivity contribution in [2.45, 2.75) is 31.8 Å². The van der Waals surface area contributed by atoms with Crippen molar-refractivity contribution in [3.05, 3.63) is 30.1 Å². The number of nitrogens with zero attached hydrogens (tertiary/aromatic N) is 2. The Labute approximate surface area is 117 Å². The second-order valence-corrected chi connectivity index (χ2v) is 6.22. The molecule has 0 aliphatic carbocycles. The summed E-state index contributed by atoms with van der Waals surface area (Å²) in [5.41, 5.74) is 0.749. The smallest absolute Gasteiger partial charge is 0.264 e. The number of hydrogen-bond donors (Lipinski definition) is 2. The number of aromatic nitrogens is 3. The number of benzene rings is 1. The van der Waals surface area contributed by atoms with Gasteiger partial charge in [-0.3, -0.25) is 0 Å². The van der Waals surface area contributed by atoms with Crippen LogP contribution < -0.4 is 9.46 Å². The molecule has 2 N–H and O–H groups in total. The molecule has 2 rings (SSSR count). The summed E-state index contributed by atoms with van der Waals surface area (Å²) in [7, 11) is -3.69. The number of H-pyrrole nitrogens is 1. The Balaban J connectivity index is 2.26. The molecule has 0 fully saturated rings. The van der Waals surface area contributed by atoms with Gasteiger partial charge in [0, 0.05) is 0 Å². The van der Waals surface area contributed by atoms with Crippen LogP contribution in [0.5, 0.6) is 5.75 Å². The molecule has 20 heavy (non-hydrogen) atoms. The molecule has 1 aromatic heterocycles. The van der Waals surface area contributed by atoms with Crippen molar-refractivity contribution < 1.29 is 13.2 Å². The highest BCUT2D eigenvalue weighted by Gasteiger charge is 2.17. The fraction of sp³-hybridized carbons (Fsp3) is 0.333. The summed E-state index contributed by atoms with van der Waals surface area (Å²) in [5, 5.41) is 6.02. The Morgan fingerprint density at radius 3 is 2.65 bits per heavy atom. The van der Waals surface area contributed by atoms with Crippen LogP contribution in [0, 0.1) is 6.92 Å². The Morgan fingerprint density at radius 2 is 2.10 bits per heavy atom.